The summed E-state index contributed by atoms with van der Waals surface area (Å²) in [5.41, 5.74) is 10.2. The van der Waals surface area contributed by atoms with Crippen LogP contribution in [0.2, 0.25) is 0 Å². The number of nitrogens with two attached hydrogens (primary N) is 1. The van der Waals surface area contributed by atoms with Crippen LogP contribution in [0.4, 0.5) is 5.69 Å². The first kappa shape index (κ1) is 16.0. The number of aromatic nitrogens is 1. The summed E-state index contributed by atoms with van der Waals surface area (Å²) in [5.74, 6) is 1.30. The van der Waals surface area contributed by atoms with Crippen molar-refractivity contribution in [3.63, 3.8) is 0 Å². The Bertz CT molecular complexity index is 695. The highest BCUT2D eigenvalue weighted by Gasteiger charge is 2.44. The van der Waals surface area contributed by atoms with Gasteiger partial charge in [0.05, 0.1) is 0 Å². The lowest BCUT2D eigenvalue weighted by molar-refractivity contribution is 0.0250. The number of benzene rings is 1. The molecular formula is C20H25N3S. The number of thioether (sulfide) groups is 1. The largest absolute Gasteiger partial charge is 0.398 e. The van der Waals surface area contributed by atoms with Gasteiger partial charge >= 0.3 is 0 Å². The fourth-order valence-electron chi connectivity index (χ4n) is 4.69. The van der Waals surface area contributed by atoms with Crippen molar-refractivity contribution in [2.24, 2.45) is 5.92 Å². The van der Waals surface area contributed by atoms with Crippen molar-refractivity contribution in [3.05, 3.63) is 53.9 Å². The van der Waals surface area contributed by atoms with Crippen LogP contribution in [0.5, 0.6) is 0 Å². The van der Waals surface area contributed by atoms with Crippen molar-refractivity contribution in [1.29, 1.82) is 0 Å². The summed E-state index contributed by atoms with van der Waals surface area (Å²) in [7, 11) is 0. The number of nitrogen functional groups attached to an aromatic ring is 1. The smallest absolute Gasteiger partial charge is 0.0361 e. The number of anilines is 1. The summed E-state index contributed by atoms with van der Waals surface area (Å²) in [6.45, 7) is 2.46. The molecule has 3 saturated heterocycles. The number of hydrogen-bond acceptors (Lipinski definition) is 4. The van der Waals surface area contributed by atoms with Gasteiger partial charge in [0, 0.05) is 34.9 Å². The maximum Gasteiger partial charge on any atom is 0.0361 e. The zero-order valence-electron chi connectivity index (χ0n) is 14.2. The van der Waals surface area contributed by atoms with E-state index in [1.807, 2.05) is 30.2 Å². The van der Waals surface area contributed by atoms with E-state index in [0.29, 0.717) is 12.0 Å². The third-order valence-corrected chi connectivity index (χ3v) is 6.58. The lowest BCUT2D eigenvalue weighted by Gasteiger charge is -2.52. The Balaban J connectivity index is 1.74. The van der Waals surface area contributed by atoms with E-state index < -0.39 is 0 Å². The van der Waals surface area contributed by atoms with E-state index in [0.717, 1.165) is 18.0 Å². The van der Waals surface area contributed by atoms with Gasteiger partial charge in [-0.3, -0.25) is 9.88 Å². The van der Waals surface area contributed by atoms with Crippen molar-refractivity contribution >= 4 is 17.4 Å². The summed E-state index contributed by atoms with van der Waals surface area (Å²) in [4.78, 5) is 8.35. The van der Waals surface area contributed by atoms with E-state index in [1.54, 1.807) is 0 Å². The molecule has 3 aliphatic rings. The number of piperidine rings is 3. The molecule has 2 N–H and O–H groups in total. The average molecular weight is 340 g/mol. The Labute approximate surface area is 148 Å². The van der Waals surface area contributed by atoms with Crippen LogP contribution in [0.15, 0.2) is 47.6 Å². The second-order valence-corrected chi connectivity index (χ2v) is 7.84. The maximum absolute atomic E-state index is 6.47. The molecule has 0 saturated carbocycles. The second kappa shape index (κ2) is 6.77. The zero-order chi connectivity index (χ0) is 16.5. The van der Waals surface area contributed by atoms with Gasteiger partial charge in [0.25, 0.3) is 0 Å². The predicted octanol–water partition coefficient (Wildman–Crippen LogP) is 3.81. The van der Waals surface area contributed by atoms with Crippen LogP contribution in [0.25, 0.3) is 0 Å². The lowest BCUT2D eigenvalue weighted by atomic mass is 9.69. The molecule has 3 aliphatic heterocycles. The molecule has 4 heterocycles. The number of nitrogens with zero attached hydrogens (tertiary/aromatic N) is 2. The first-order chi connectivity index (χ1) is 11.8. The SMILES string of the molecule is CSc1cccc(N)c1C1C2CCN(CC2)C1Cc1cccnc1. The lowest BCUT2D eigenvalue weighted by Crippen LogP contribution is -2.54. The molecule has 24 heavy (non-hydrogen) atoms. The van der Waals surface area contributed by atoms with Crippen molar-refractivity contribution < 1.29 is 0 Å². The summed E-state index contributed by atoms with van der Waals surface area (Å²) in [6, 6.07) is 11.2. The van der Waals surface area contributed by atoms with Gasteiger partial charge in [-0.2, -0.15) is 0 Å². The van der Waals surface area contributed by atoms with Gasteiger partial charge in [0.2, 0.25) is 0 Å². The number of hydrogen-bond donors (Lipinski definition) is 1. The normalized spacial score (nSPS) is 28.9. The molecule has 3 fully saturated rings. The molecule has 0 aliphatic carbocycles. The Morgan fingerprint density at radius 3 is 2.75 bits per heavy atom. The number of fused-ring (bicyclic) bond motifs is 3. The standard InChI is InChI=1S/C20H25N3S/c1-24-18-6-2-5-16(21)20(18)19-15-7-10-23(11-8-15)17(19)12-14-4-3-9-22-13-14/h2-6,9,13,15,17,19H,7-8,10-12,21H2,1H3. The molecule has 126 valence electrons. The van der Waals surface area contributed by atoms with Crippen LogP contribution in [0.1, 0.15) is 29.9 Å². The number of rotatable bonds is 4. The van der Waals surface area contributed by atoms with Crippen molar-refractivity contribution in [2.45, 2.75) is 36.1 Å². The molecule has 4 heteroatoms. The van der Waals surface area contributed by atoms with E-state index in [1.165, 1.54) is 42.0 Å². The molecule has 2 bridgehead atoms. The topological polar surface area (TPSA) is 42.1 Å². The zero-order valence-corrected chi connectivity index (χ0v) is 15.0. The molecular weight excluding hydrogens is 314 g/mol. The molecule has 1 aromatic carbocycles. The molecule has 1 aromatic heterocycles. The molecule has 2 unspecified atom stereocenters. The van der Waals surface area contributed by atoms with Gasteiger partial charge in [0.1, 0.15) is 0 Å². The Morgan fingerprint density at radius 2 is 2.04 bits per heavy atom. The predicted molar refractivity (Wildman–Crippen MR) is 101 cm³/mol. The quantitative estimate of drug-likeness (QED) is 0.679. The van der Waals surface area contributed by atoms with Gasteiger partial charge in [0.15, 0.2) is 0 Å². The minimum absolute atomic E-state index is 0.538. The highest BCUT2D eigenvalue weighted by molar-refractivity contribution is 7.98. The Hall–Kier alpha value is -1.52. The monoisotopic (exact) mass is 339 g/mol. The van der Waals surface area contributed by atoms with E-state index in [4.69, 9.17) is 5.73 Å². The first-order valence-corrected chi connectivity index (χ1v) is 10.1. The van der Waals surface area contributed by atoms with Crippen LogP contribution >= 0.6 is 11.8 Å². The summed E-state index contributed by atoms with van der Waals surface area (Å²) in [6.07, 6.45) is 9.71. The van der Waals surface area contributed by atoms with E-state index in [9.17, 15) is 0 Å². The third-order valence-electron chi connectivity index (χ3n) is 5.79. The van der Waals surface area contributed by atoms with Crippen molar-refractivity contribution in [1.82, 2.24) is 9.88 Å². The molecule has 0 amide bonds. The van der Waals surface area contributed by atoms with Crippen LogP contribution in [0.3, 0.4) is 0 Å². The van der Waals surface area contributed by atoms with Crippen LogP contribution in [-0.4, -0.2) is 35.3 Å². The molecule has 2 atom stereocenters. The van der Waals surface area contributed by atoms with Crippen LogP contribution in [-0.2, 0) is 6.42 Å². The summed E-state index contributed by atoms with van der Waals surface area (Å²) >= 11 is 1.83. The van der Waals surface area contributed by atoms with Gasteiger partial charge in [-0.1, -0.05) is 12.1 Å². The second-order valence-electron chi connectivity index (χ2n) is 7.00. The van der Waals surface area contributed by atoms with Gasteiger partial charge < -0.3 is 5.73 Å². The highest BCUT2D eigenvalue weighted by Crippen LogP contribution is 2.48. The molecule has 0 spiro atoms. The Kier molecular flexibility index (Phi) is 4.51. The summed E-state index contributed by atoms with van der Waals surface area (Å²) < 4.78 is 0. The summed E-state index contributed by atoms with van der Waals surface area (Å²) in [5, 5.41) is 0. The van der Waals surface area contributed by atoms with E-state index in [-0.39, 0.29) is 0 Å². The van der Waals surface area contributed by atoms with Crippen LogP contribution < -0.4 is 5.73 Å². The van der Waals surface area contributed by atoms with Gasteiger partial charge in [-0.05, 0) is 73.9 Å². The Morgan fingerprint density at radius 1 is 1.21 bits per heavy atom. The minimum atomic E-state index is 0.538. The number of pyridine rings is 1. The average Bonchev–Trinajstić information content (AvgIpc) is 2.64. The molecule has 5 rings (SSSR count). The fraction of sp³-hybridized carbons (Fsp3) is 0.450. The van der Waals surface area contributed by atoms with Gasteiger partial charge in [-0.15, -0.1) is 11.8 Å². The van der Waals surface area contributed by atoms with Gasteiger partial charge in [-0.25, -0.2) is 0 Å². The van der Waals surface area contributed by atoms with E-state index >= 15 is 0 Å². The highest BCUT2D eigenvalue weighted by atomic mass is 32.2. The molecule has 2 aromatic rings. The first-order valence-electron chi connectivity index (χ1n) is 8.83. The minimum Gasteiger partial charge on any atom is -0.398 e. The van der Waals surface area contributed by atoms with Crippen molar-refractivity contribution in [3.8, 4) is 0 Å². The van der Waals surface area contributed by atoms with Crippen molar-refractivity contribution in [2.75, 3.05) is 25.1 Å². The molecule has 3 nitrogen and oxygen atoms in total. The maximum atomic E-state index is 6.47. The third kappa shape index (κ3) is 2.82. The molecule has 0 radical (unpaired) electrons. The van der Waals surface area contributed by atoms with Crippen LogP contribution in [0, 0.1) is 5.92 Å². The fourth-order valence-corrected chi connectivity index (χ4v) is 5.38. The van der Waals surface area contributed by atoms with E-state index in [2.05, 4.69) is 40.4 Å².